The molecule has 3 rings (SSSR count). The van der Waals surface area contributed by atoms with Crippen LogP contribution >= 0.6 is 23.1 Å². The predicted octanol–water partition coefficient (Wildman–Crippen LogP) is 4.63. The summed E-state index contributed by atoms with van der Waals surface area (Å²) in [6.07, 6.45) is -0.626. The molecule has 26 heavy (non-hydrogen) atoms. The van der Waals surface area contributed by atoms with Crippen LogP contribution in [0.25, 0.3) is 10.8 Å². The van der Waals surface area contributed by atoms with E-state index in [2.05, 4.69) is 43.1 Å². The number of thioether (sulfide) groups is 1. The Bertz CT molecular complexity index is 808. The largest absolute Gasteiger partial charge is 0.491 e. The first kappa shape index (κ1) is 18.9. The van der Waals surface area contributed by atoms with Crippen molar-refractivity contribution >= 4 is 23.1 Å². The minimum atomic E-state index is -0.626. The molecule has 1 unspecified atom stereocenters. The zero-order valence-corrected chi connectivity index (χ0v) is 16.6. The maximum atomic E-state index is 10.1. The second-order valence-corrected chi connectivity index (χ2v) is 8.82. The minimum absolute atomic E-state index is 0.112. The highest BCUT2D eigenvalue weighted by Gasteiger charge is 2.14. The molecule has 138 valence electrons. The molecule has 0 fully saturated rings. The van der Waals surface area contributed by atoms with Crippen LogP contribution < -0.4 is 4.74 Å². The van der Waals surface area contributed by atoms with E-state index in [4.69, 9.17) is 9.15 Å². The smallest absolute Gasteiger partial charge is 0.276 e. The van der Waals surface area contributed by atoms with Gasteiger partial charge in [-0.2, -0.15) is 0 Å². The van der Waals surface area contributed by atoms with Crippen LogP contribution in [0, 0.1) is 0 Å². The van der Waals surface area contributed by atoms with Crippen molar-refractivity contribution < 1.29 is 14.3 Å². The van der Waals surface area contributed by atoms with Gasteiger partial charge in [0, 0.05) is 5.75 Å². The van der Waals surface area contributed by atoms with E-state index < -0.39 is 6.10 Å². The molecule has 0 saturated carbocycles. The Kier molecular flexibility index (Phi) is 6.01. The SMILES string of the molecule is CC(C)(C)c1ccc(OCC(O)CSc2nnc(-c3cccs3)o2)cc1. The van der Waals surface area contributed by atoms with E-state index in [1.165, 1.54) is 17.3 Å². The molecule has 0 saturated heterocycles. The van der Waals surface area contributed by atoms with Gasteiger partial charge in [0.15, 0.2) is 0 Å². The molecule has 0 bridgehead atoms. The van der Waals surface area contributed by atoms with Crippen molar-refractivity contribution in [2.24, 2.45) is 0 Å². The fraction of sp³-hybridized carbons (Fsp3) is 0.368. The van der Waals surface area contributed by atoms with Crippen molar-refractivity contribution in [1.82, 2.24) is 10.2 Å². The zero-order valence-electron chi connectivity index (χ0n) is 15.0. The Morgan fingerprint density at radius 2 is 1.96 bits per heavy atom. The number of aliphatic hydroxyl groups is 1. The van der Waals surface area contributed by atoms with Gasteiger partial charge in [-0.3, -0.25) is 0 Å². The van der Waals surface area contributed by atoms with Crippen molar-refractivity contribution in [3.8, 4) is 16.5 Å². The number of nitrogens with zero attached hydrogens (tertiary/aromatic N) is 2. The molecule has 1 atom stereocenters. The normalized spacial score (nSPS) is 12.9. The van der Waals surface area contributed by atoms with Crippen LogP contribution in [0.4, 0.5) is 0 Å². The summed E-state index contributed by atoms with van der Waals surface area (Å²) in [5.74, 6) is 1.68. The van der Waals surface area contributed by atoms with Gasteiger partial charge in [-0.15, -0.1) is 21.5 Å². The Hall–Kier alpha value is -1.83. The Morgan fingerprint density at radius 3 is 2.62 bits per heavy atom. The number of hydrogen-bond donors (Lipinski definition) is 1. The molecule has 5 nitrogen and oxygen atoms in total. The molecule has 2 aromatic heterocycles. The maximum Gasteiger partial charge on any atom is 0.276 e. The fourth-order valence-electron chi connectivity index (χ4n) is 2.23. The van der Waals surface area contributed by atoms with Gasteiger partial charge < -0.3 is 14.3 Å². The van der Waals surface area contributed by atoms with Crippen molar-refractivity contribution in [2.75, 3.05) is 12.4 Å². The number of ether oxygens (including phenoxy) is 1. The molecule has 2 heterocycles. The Labute approximate surface area is 161 Å². The van der Waals surface area contributed by atoms with Crippen LogP contribution in [0.5, 0.6) is 5.75 Å². The van der Waals surface area contributed by atoms with Crippen LogP contribution in [0.15, 0.2) is 51.4 Å². The molecular formula is C19H22N2O3S2. The number of aromatic nitrogens is 2. The van der Waals surface area contributed by atoms with Crippen molar-refractivity contribution in [1.29, 1.82) is 0 Å². The highest BCUT2D eigenvalue weighted by Crippen LogP contribution is 2.27. The number of thiophene rings is 1. The monoisotopic (exact) mass is 390 g/mol. The lowest BCUT2D eigenvalue weighted by atomic mass is 9.87. The summed E-state index contributed by atoms with van der Waals surface area (Å²) in [4.78, 5) is 0.937. The second-order valence-electron chi connectivity index (χ2n) is 6.90. The lowest BCUT2D eigenvalue weighted by Gasteiger charge is -2.19. The summed E-state index contributed by atoms with van der Waals surface area (Å²) in [5, 5.41) is 20.5. The standard InChI is InChI=1S/C19H22N2O3S2/c1-19(2,3)13-6-8-15(9-7-13)23-11-14(22)12-26-18-21-20-17(24-18)16-5-4-10-25-16/h4-10,14,22H,11-12H2,1-3H3. The third kappa shape index (κ3) is 5.09. The van der Waals surface area contributed by atoms with Crippen molar-refractivity contribution in [2.45, 2.75) is 37.5 Å². The Balaban J connectivity index is 1.45. The number of hydrogen-bond acceptors (Lipinski definition) is 7. The van der Waals surface area contributed by atoms with Gasteiger partial charge in [-0.1, -0.05) is 50.7 Å². The summed E-state index contributed by atoms with van der Waals surface area (Å²) in [6.45, 7) is 6.73. The van der Waals surface area contributed by atoms with E-state index in [0.717, 1.165) is 10.6 Å². The van der Waals surface area contributed by atoms with Gasteiger partial charge in [0.25, 0.3) is 11.1 Å². The number of aliphatic hydroxyl groups excluding tert-OH is 1. The van der Waals surface area contributed by atoms with Crippen LogP contribution in [0.1, 0.15) is 26.3 Å². The van der Waals surface area contributed by atoms with Gasteiger partial charge in [-0.05, 0) is 34.6 Å². The minimum Gasteiger partial charge on any atom is -0.491 e. The molecule has 3 aromatic rings. The van der Waals surface area contributed by atoms with Gasteiger partial charge in [0.2, 0.25) is 0 Å². The summed E-state index contributed by atoms with van der Waals surface area (Å²) < 4.78 is 11.2. The van der Waals surface area contributed by atoms with Crippen LogP contribution in [-0.2, 0) is 5.41 Å². The lowest BCUT2D eigenvalue weighted by Crippen LogP contribution is -2.20. The van der Waals surface area contributed by atoms with Gasteiger partial charge in [0.1, 0.15) is 12.4 Å². The van der Waals surface area contributed by atoms with Crippen LogP contribution in [0.3, 0.4) is 0 Å². The second kappa shape index (κ2) is 8.24. The summed E-state index contributed by atoms with van der Waals surface area (Å²) in [7, 11) is 0. The highest BCUT2D eigenvalue weighted by molar-refractivity contribution is 7.99. The molecule has 7 heteroatoms. The first-order valence-electron chi connectivity index (χ1n) is 8.33. The molecule has 0 aliphatic rings. The van der Waals surface area contributed by atoms with E-state index in [0.29, 0.717) is 16.9 Å². The molecule has 0 amide bonds. The molecule has 0 spiro atoms. The molecule has 1 N–H and O–H groups in total. The van der Waals surface area contributed by atoms with Gasteiger partial charge in [0.05, 0.1) is 11.0 Å². The van der Waals surface area contributed by atoms with E-state index >= 15 is 0 Å². The van der Waals surface area contributed by atoms with E-state index in [-0.39, 0.29) is 12.0 Å². The summed E-state index contributed by atoms with van der Waals surface area (Å²) in [6, 6.07) is 11.9. The number of rotatable bonds is 7. The van der Waals surface area contributed by atoms with E-state index in [9.17, 15) is 5.11 Å². The van der Waals surface area contributed by atoms with Crippen molar-refractivity contribution in [3.05, 3.63) is 47.3 Å². The fourth-order valence-corrected chi connectivity index (χ4v) is 3.54. The average Bonchev–Trinajstić information content (AvgIpc) is 3.29. The molecule has 1 aromatic carbocycles. The highest BCUT2D eigenvalue weighted by atomic mass is 32.2. The van der Waals surface area contributed by atoms with E-state index in [1.807, 2.05) is 29.6 Å². The summed E-state index contributed by atoms with van der Waals surface area (Å²) >= 11 is 2.87. The van der Waals surface area contributed by atoms with Gasteiger partial charge >= 0.3 is 0 Å². The molecular weight excluding hydrogens is 368 g/mol. The first-order valence-corrected chi connectivity index (χ1v) is 10.2. The van der Waals surface area contributed by atoms with Crippen LogP contribution in [0.2, 0.25) is 0 Å². The third-order valence-electron chi connectivity index (χ3n) is 3.70. The quantitative estimate of drug-likeness (QED) is 0.593. The third-order valence-corrected chi connectivity index (χ3v) is 5.52. The lowest BCUT2D eigenvalue weighted by molar-refractivity contribution is 0.126. The molecule has 0 aliphatic heterocycles. The zero-order chi connectivity index (χ0) is 18.6. The predicted molar refractivity (Wildman–Crippen MR) is 105 cm³/mol. The first-order chi connectivity index (χ1) is 12.4. The molecule has 0 radical (unpaired) electrons. The number of benzene rings is 1. The topological polar surface area (TPSA) is 68.4 Å². The van der Waals surface area contributed by atoms with Crippen molar-refractivity contribution in [3.63, 3.8) is 0 Å². The average molecular weight is 391 g/mol. The van der Waals surface area contributed by atoms with E-state index in [1.54, 1.807) is 11.3 Å². The van der Waals surface area contributed by atoms with Crippen LogP contribution in [-0.4, -0.2) is 33.8 Å². The van der Waals surface area contributed by atoms with Gasteiger partial charge in [-0.25, -0.2) is 0 Å². The molecule has 0 aliphatic carbocycles. The Morgan fingerprint density at radius 1 is 1.19 bits per heavy atom. The maximum absolute atomic E-state index is 10.1. The summed E-state index contributed by atoms with van der Waals surface area (Å²) in [5.41, 5.74) is 1.36.